The van der Waals surface area contributed by atoms with Gasteiger partial charge in [0.05, 0.1) is 19.2 Å². The molecule has 0 aliphatic carbocycles. The summed E-state index contributed by atoms with van der Waals surface area (Å²) in [6.07, 6.45) is 1.41. The second-order valence-electron chi connectivity index (χ2n) is 6.51. The van der Waals surface area contributed by atoms with Crippen LogP contribution in [-0.4, -0.2) is 43.6 Å². The molecule has 1 N–H and O–H groups in total. The average molecular weight is 500 g/mol. The highest BCUT2D eigenvalue weighted by Gasteiger charge is 2.35. The number of methoxy groups -OCH3 is 2. The Hall–Kier alpha value is -2.94. The predicted molar refractivity (Wildman–Crippen MR) is 119 cm³/mol. The summed E-state index contributed by atoms with van der Waals surface area (Å²) >= 11 is 18.5. The van der Waals surface area contributed by atoms with E-state index in [2.05, 4.69) is 10.1 Å². The van der Waals surface area contributed by atoms with Crippen molar-refractivity contribution in [2.75, 3.05) is 20.8 Å². The average Bonchev–Trinajstić information content (AvgIpc) is 3.00. The van der Waals surface area contributed by atoms with Crippen molar-refractivity contribution in [1.82, 2.24) is 10.2 Å². The van der Waals surface area contributed by atoms with E-state index < -0.39 is 24.5 Å². The third-order valence-electron chi connectivity index (χ3n) is 4.43. The molecule has 3 amide bonds. The van der Waals surface area contributed by atoms with Gasteiger partial charge >= 0.3 is 12.0 Å². The maximum absolute atomic E-state index is 12.4. The van der Waals surface area contributed by atoms with E-state index in [1.165, 1.54) is 19.3 Å². The Labute approximate surface area is 198 Å². The Morgan fingerprint density at radius 3 is 2.50 bits per heavy atom. The number of imide groups is 1. The van der Waals surface area contributed by atoms with Crippen LogP contribution in [0.4, 0.5) is 4.79 Å². The van der Waals surface area contributed by atoms with Crippen LogP contribution in [0.5, 0.6) is 11.5 Å². The fourth-order valence-electron chi connectivity index (χ4n) is 2.83. The highest BCUT2D eigenvalue weighted by atomic mass is 35.5. The van der Waals surface area contributed by atoms with Crippen molar-refractivity contribution in [3.8, 4) is 11.5 Å². The quantitative estimate of drug-likeness (QED) is 0.347. The zero-order valence-electron chi connectivity index (χ0n) is 16.9. The minimum atomic E-state index is -0.732. The molecule has 1 aliphatic rings. The molecule has 2 aromatic carbocycles. The molecular weight excluding hydrogens is 483 g/mol. The zero-order chi connectivity index (χ0) is 23.4. The lowest BCUT2D eigenvalue weighted by Crippen LogP contribution is -2.36. The van der Waals surface area contributed by atoms with Crippen LogP contribution in [-0.2, 0) is 20.9 Å². The van der Waals surface area contributed by atoms with Crippen LogP contribution in [0, 0.1) is 0 Å². The summed E-state index contributed by atoms with van der Waals surface area (Å²) in [6.45, 7) is -0.383. The molecule has 0 unspecified atom stereocenters. The lowest BCUT2D eigenvalue weighted by atomic mass is 10.1. The molecule has 0 radical (unpaired) electrons. The number of hydrogen-bond acceptors (Lipinski definition) is 6. The number of ether oxygens (including phenoxy) is 3. The standard InChI is InChI=1S/C21H17Cl3N2O6/c1-30-17-7-11(6-16-20(28)26(21(29)25-16)9-18(27)31-2)5-15(24)19(17)32-10-12-3-4-13(22)8-14(12)23/h3-8H,9-10H2,1-2H3,(H,25,29)/b16-6+. The number of carbonyl (C=O) groups is 3. The van der Waals surface area contributed by atoms with E-state index in [1.807, 2.05) is 0 Å². The Kier molecular flexibility index (Phi) is 7.50. The molecule has 2 aromatic rings. The molecule has 11 heteroatoms. The number of hydrogen-bond donors (Lipinski definition) is 1. The number of amides is 3. The summed E-state index contributed by atoms with van der Waals surface area (Å²) in [5, 5.41) is 3.57. The summed E-state index contributed by atoms with van der Waals surface area (Å²) in [4.78, 5) is 36.6. The maximum Gasteiger partial charge on any atom is 0.329 e. The zero-order valence-corrected chi connectivity index (χ0v) is 19.2. The molecule has 1 saturated heterocycles. The highest BCUT2D eigenvalue weighted by molar-refractivity contribution is 6.35. The number of halogens is 3. The molecule has 0 bridgehead atoms. The van der Waals surface area contributed by atoms with Crippen LogP contribution in [0.3, 0.4) is 0 Å². The number of carbonyl (C=O) groups excluding carboxylic acids is 3. The second kappa shape index (κ2) is 10.1. The minimum absolute atomic E-state index is 0.0290. The fraction of sp³-hybridized carbons (Fsp3) is 0.190. The van der Waals surface area contributed by atoms with E-state index in [1.54, 1.807) is 24.3 Å². The van der Waals surface area contributed by atoms with Gasteiger partial charge < -0.3 is 19.5 Å². The molecule has 1 heterocycles. The largest absolute Gasteiger partial charge is 0.493 e. The van der Waals surface area contributed by atoms with Gasteiger partial charge in [0.1, 0.15) is 18.8 Å². The summed E-state index contributed by atoms with van der Waals surface area (Å²) < 4.78 is 15.7. The number of esters is 1. The first-order chi connectivity index (χ1) is 15.2. The first kappa shape index (κ1) is 23.7. The third-order valence-corrected chi connectivity index (χ3v) is 5.29. The molecule has 1 aliphatic heterocycles. The van der Waals surface area contributed by atoms with Crippen LogP contribution in [0.25, 0.3) is 6.08 Å². The van der Waals surface area contributed by atoms with Crippen molar-refractivity contribution >= 4 is 58.8 Å². The van der Waals surface area contributed by atoms with Gasteiger partial charge in [-0.3, -0.25) is 9.59 Å². The third kappa shape index (κ3) is 5.27. The predicted octanol–water partition coefficient (Wildman–Crippen LogP) is 4.30. The van der Waals surface area contributed by atoms with Crippen LogP contribution in [0.15, 0.2) is 36.0 Å². The van der Waals surface area contributed by atoms with Gasteiger partial charge in [-0.25, -0.2) is 9.69 Å². The number of urea groups is 1. The van der Waals surface area contributed by atoms with E-state index in [0.29, 0.717) is 26.9 Å². The summed E-state index contributed by atoms with van der Waals surface area (Å²) in [6, 6.07) is 7.42. The van der Waals surface area contributed by atoms with Crippen molar-refractivity contribution in [2.45, 2.75) is 6.61 Å². The smallest absolute Gasteiger partial charge is 0.329 e. The highest BCUT2D eigenvalue weighted by Crippen LogP contribution is 2.38. The topological polar surface area (TPSA) is 94.2 Å². The van der Waals surface area contributed by atoms with Crippen LogP contribution in [0.2, 0.25) is 15.1 Å². The van der Waals surface area contributed by atoms with Crippen LogP contribution in [0.1, 0.15) is 11.1 Å². The molecule has 0 aromatic heterocycles. The molecule has 168 valence electrons. The van der Waals surface area contributed by atoms with Gasteiger partial charge in [0.15, 0.2) is 11.5 Å². The normalized spacial score (nSPS) is 14.5. The van der Waals surface area contributed by atoms with Gasteiger partial charge in [-0.15, -0.1) is 0 Å². The van der Waals surface area contributed by atoms with Crippen LogP contribution < -0.4 is 14.8 Å². The van der Waals surface area contributed by atoms with Crippen LogP contribution >= 0.6 is 34.8 Å². The molecule has 32 heavy (non-hydrogen) atoms. The van der Waals surface area contributed by atoms with Gasteiger partial charge in [0.2, 0.25) is 0 Å². The van der Waals surface area contributed by atoms with Crippen molar-refractivity contribution in [3.63, 3.8) is 0 Å². The molecule has 0 saturated carbocycles. The molecular formula is C21H17Cl3N2O6. The van der Waals surface area contributed by atoms with E-state index in [4.69, 9.17) is 44.3 Å². The van der Waals surface area contributed by atoms with Gasteiger partial charge in [0.25, 0.3) is 5.91 Å². The SMILES string of the molecule is COC(=O)CN1C(=O)N/C(=C/c2cc(Cl)c(OCc3ccc(Cl)cc3Cl)c(OC)c2)C1=O. The lowest BCUT2D eigenvalue weighted by molar-refractivity contribution is -0.143. The van der Waals surface area contributed by atoms with Gasteiger partial charge in [-0.1, -0.05) is 40.9 Å². The summed E-state index contributed by atoms with van der Waals surface area (Å²) in [5.74, 6) is -0.816. The first-order valence-corrected chi connectivity index (χ1v) is 10.2. The number of benzene rings is 2. The van der Waals surface area contributed by atoms with E-state index >= 15 is 0 Å². The molecule has 8 nitrogen and oxygen atoms in total. The molecule has 3 rings (SSSR count). The van der Waals surface area contributed by atoms with E-state index in [-0.39, 0.29) is 23.1 Å². The molecule has 0 atom stereocenters. The Balaban J connectivity index is 1.82. The van der Waals surface area contributed by atoms with Crippen molar-refractivity contribution in [1.29, 1.82) is 0 Å². The molecule has 1 fully saturated rings. The van der Waals surface area contributed by atoms with Gasteiger partial charge in [0, 0.05) is 15.6 Å². The lowest BCUT2D eigenvalue weighted by Gasteiger charge is -2.14. The van der Waals surface area contributed by atoms with E-state index in [9.17, 15) is 14.4 Å². The number of nitrogens with zero attached hydrogens (tertiary/aromatic N) is 1. The Morgan fingerprint density at radius 2 is 1.84 bits per heavy atom. The Bertz CT molecular complexity index is 1120. The summed E-state index contributed by atoms with van der Waals surface area (Å²) in [7, 11) is 2.60. The summed E-state index contributed by atoms with van der Waals surface area (Å²) in [5.41, 5.74) is 1.14. The number of rotatable bonds is 7. The maximum atomic E-state index is 12.4. The second-order valence-corrected chi connectivity index (χ2v) is 7.76. The first-order valence-electron chi connectivity index (χ1n) is 9.09. The van der Waals surface area contributed by atoms with Crippen molar-refractivity contribution in [2.24, 2.45) is 0 Å². The fourth-order valence-corrected chi connectivity index (χ4v) is 3.56. The van der Waals surface area contributed by atoms with Crippen molar-refractivity contribution < 1.29 is 28.6 Å². The monoisotopic (exact) mass is 498 g/mol. The van der Waals surface area contributed by atoms with Gasteiger partial charge in [-0.2, -0.15) is 0 Å². The number of nitrogens with one attached hydrogen (secondary N) is 1. The van der Waals surface area contributed by atoms with Gasteiger partial charge in [-0.05, 0) is 35.9 Å². The Morgan fingerprint density at radius 1 is 1.09 bits per heavy atom. The minimum Gasteiger partial charge on any atom is -0.493 e. The van der Waals surface area contributed by atoms with Crippen molar-refractivity contribution in [3.05, 3.63) is 62.2 Å². The van der Waals surface area contributed by atoms with E-state index in [0.717, 1.165) is 12.0 Å². The molecule has 0 spiro atoms.